The predicted octanol–water partition coefficient (Wildman–Crippen LogP) is 8.97. The number of pyridine rings is 1. The van der Waals surface area contributed by atoms with E-state index in [-0.39, 0.29) is 5.91 Å². The van der Waals surface area contributed by atoms with Crippen LogP contribution in [0.1, 0.15) is 51.1 Å². The molecule has 1 aliphatic carbocycles. The van der Waals surface area contributed by atoms with Crippen LogP contribution in [0.15, 0.2) is 97.2 Å². The highest BCUT2D eigenvalue weighted by atomic mass is 35.5. The standard InChI is InChI=1S/C42H39ClN4O4/c1-46(24-31-26-47(25-30-15-8-10-19-34(30)43)45-39(31)28-13-6-5-7-14-28)42(48)38-32-17-9-11-20-35(32)44-40-29(16-12-18-33(38)40)21-27-22-36(49-2)41(51-4)37(23-27)50-3/h5-11,13-15,17,19-23,26H,12,16,18,24-25H2,1-4H3/b29-21-. The van der Waals surface area contributed by atoms with E-state index in [0.29, 0.717) is 40.9 Å². The van der Waals surface area contributed by atoms with Crippen LogP contribution in [0.4, 0.5) is 0 Å². The minimum Gasteiger partial charge on any atom is -0.493 e. The molecule has 0 atom stereocenters. The Hall–Kier alpha value is -5.60. The zero-order valence-electron chi connectivity index (χ0n) is 29.2. The molecule has 0 unspecified atom stereocenters. The highest BCUT2D eigenvalue weighted by molar-refractivity contribution is 6.31. The van der Waals surface area contributed by atoms with Gasteiger partial charge in [-0.1, -0.05) is 78.3 Å². The second-order valence-corrected chi connectivity index (χ2v) is 13.0. The summed E-state index contributed by atoms with van der Waals surface area (Å²) in [5, 5.41) is 6.52. The minimum absolute atomic E-state index is 0.0586. The van der Waals surface area contributed by atoms with Gasteiger partial charge in [0.2, 0.25) is 5.75 Å². The second-order valence-electron chi connectivity index (χ2n) is 12.6. The Morgan fingerprint density at radius 3 is 2.29 bits per heavy atom. The first-order valence-electron chi connectivity index (χ1n) is 16.9. The van der Waals surface area contributed by atoms with Crippen LogP contribution in [0, 0.1) is 0 Å². The number of methoxy groups -OCH3 is 3. The largest absolute Gasteiger partial charge is 0.493 e. The van der Waals surface area contributed by atoms with Crippen LogP contribution in [0.5, 0.6) is 17.2 Å². The molecular weight excluding hydrogens is 660 g/mol. The quantitative estimate of drug-likeness (QED) is 0.142. The van der Waals surface area contributed by atoms with Gasteiger partial charge in [0, 0.05) is 41.3 Å². The molecule has 1 aliphatic rings. The topological polar surface area (TPSA) is 78.7 Å². The molecule has 0 aliphatic heterocycles. The van der Waals surface area contributed by atoms with Crippen LogP contribution in [0.3, 0.4) is 0 Å². The summed E-state index contributed by atoms with van der Waals surface area (Å²) in [4.78, 5) is 21.7. The lowest BCUT2D eigenvalue weighted by Gasteiger charge is -2.25. The molecule has 51 heavy (non-hydrogen) atoms. The number of fused-ring (bicyclic) bond motifs is 2. The number of carbonyl (C=O) groups is 1. The molecule has 9 heteroatoms. The summed E-state index contributed by atoms with van der Waals surface area (Å²) in [5.41, 5.74) is 8.98. The Bertz CT molecular complexity index is 2240. The first-order valence-corrected chi connectivity index (χ1v) is 17.3. The van der Waals surface area contributed by atoms with Crippen LogP contribution in [0.2, 0.25) is 5.02 Å². The van der Waals surface area contributed by atoms with Crippen molar-refractivity contribution >= 4 is 40.1 Å². The van der Waals surface area contributed by atoms with Crippen LogP contribution in [0.25, 0.3) is 33.8 Å². The fraction of sp³-hybridized carbons (Fsp3) is 0.214. The van der Waals surface area contributed by atoms with Gasteiger partial charge < -0.3 is 19.1 Å². The van der Waals surface area contributed by atoms with Crippen molar-refractivity contribution in [2.45, 2.75) is 32.4 Å². The molecule has 6 aromatic rings. The van der Waals surface area contributed by atoms with E-state index in [9.17, 15) is 4.79 Å². The van der Waals surface area contributed by atoms with Gasteiger partial charge in [0.25, 0.3) is 5.91 Å². The SMILES string of the molecule is COc1cc(/C=C2/CCCc3c2nc2ccccc2c3C(=O)N(C)Cc2cn(Cc3ccccc3Cl)nc2-c2ccccc2)cc(OC)c1OC. The first kappa shape index (κ1) is 33.9. The van der Waals surface area contributed by atoms with Crippen LogP contribution in [-0.4, -0.2) is 53.9 Å². The summed E-state index contributed by atoms with van der Waals surface area (Å²) in [6.45, 7) is 0.881. The van der Waals surface area contributed by atoms with Crippen LogP contribution >= 0.6 is 11.6 Å². The zero-order valence-corrected chi connectivity index (χ0v) is 29.9. The van der Waals surface area contributed by atoms with Crippen molar-refractivity contribution in [2.24, 2.45) is 0 Å². The van der Waals surface area contributed by atoms with Gasteiger partial charge in [0.1, 0.15) is 0 Å². The van der Waals surface area contributed by atoms with E-state index in [0.717, 1.165) is 74.9 Å². The van der Waals surface area contributed by atoms with Gasteiger partial charge in [-0.25, -0.2) is 4.98 Å². The van der Waals surface area contributed by atoms with Gasteiger partial charge >= 0.3 is 0 Å². The number of amides is 1. The number of carbonyl (C=O) groups excluding carboxylic acids is 1. The van der Waals surface area contributed by atoms with Gasteiger partial charge in [-0.15, -0.1) is 0 Å². The number of allylic oxidation sites excluding steroid dienone is 1. The van der Waals surface area contributed by atoms with E-state index in [1.165, 1.54) is 0 Å². The first-order chi connectivity index (χ1) is 24.9. The maximum atomic E-state index is 14.7. The number of benzene rings is 4. The van der Waals surface area contributed by atoms with E-state index in [2.05, 4.69) is 6.08 Å². The highest BCUT2D eigenvalue weighted by Gasteiger charge is 2.28. The molecular formula is C42H39ClN4O4. The van der Waals surface area contributed by atoms with E-state index in [1.807, 2.05) is 109 Å². The molecule has 0 spiro atoms. The van der Waals surface area contributed by atoms with Gasteiger partial charge in [-0.2, -0.15) is 5.10 Å². The van der Waals surface area contributed by atoms with Crippen molar-refractivity contribution in [1.82, 2.24) is 19.7 Å². The minimum atomic E-state index is -0.0586. The smallest absolute Gasteiger partial charge is 0.254 e. The number of hydrogen-bond donors (Lipinski definition) is 0. The van der Waals surface area contributed by atoms with Crippen molar-refractivity contribution in [3.8, 4) is 28.5 Å². The third kappa shape index (κ3) is 6.79. The number of hydrogen-bond acceptors (Lipinski definition) is 6. The average molecular weight is 699 g/mol. The maximum absolute atomic E-state index is 14.7. The van der Waals surface area contributed by atoms with Crippen molar-refractivity contribution in [2.75, 3.05) is 28.4 Å². The second kappa shape index (κ2) is 14.7. The average Bonchev–Trinajstić information content (AvgIpc) is 3.56. The van der Waals surface area contributed by atoms with Gasteiger partial charge in [0.05, 0.1) is 50.3 Å². The third-order valence-corrected chi connectivity index (χ3v) is 9.71. The molecule has 0 bridgehead atoms. The summed E-state index contributed by atoms with van der Waals surface area (Å²) >= 11 is 6.51. The van der Waals surface area contributed by atoms with Crippen molar-refractivity contribution < 1.29 is 19.0 Å². The molecule has 2 heterocycles. The molecule has 4 aromatic carbocycles. The molecule has 1 amide bonds. The third-order valence-electron chi connectivity index (χ3n) is 9.34. The number of rotatable bonds is 10. The number of ether oxygens (including phenoxy) is 3. The van der Waals surface area contributed by atoms with E-state index >= 15 is 0 Å². The zero-order chi connectivity index (χ0) is 35.5. The number of halogens is 1. The van der Waals surface area contributed by atoms with Gasteiger partial charge in [-0.05, 0) is 71.9 Å². The summed E-state index contributed by atoms with van der Waals surface area (Å²) in [6, 6.07) is 29.6. The molecule has 8 nitrogen and oxygen atoms in total. The molecule has 0 N–H and O–H groups in total. The van der Waals surface area contributed by atoms with Gasteiger partial charge in [-0.3, -0.25) is 9.48 Å². The summed E-state index contributed by atoms with van der Waals surface area (Å²) in [5.74, 6) is 1.63. The Morgan fingerprint density at radius 1 is 0.863 bits per heavy atom. The van der Waals surface area contributed by atoms with Crippen molar-refractivity contribution in [3.63, 3.8) is 0 Å². The maximum Gasteiger partial charge on any atom is 0.254 e. The fourth-order valence-electron chi connectivity index (χ4n) is 6.92. The summed E-state index contributed by atoms with van der Waals surface area (Å²) in [6.07, 6.45) is 6.60. The molecule has 0 saturated heterocycles. The molecule has 0 radical (unpaired) electrons. The lowest BCUT2D eigenvalue weighted by atomic mass is 9.85. The Morgan fingerprint density at radius 2 is 1.57 bits per heavy atom. The normalized spacial score (nSPS) is 13.2. The number of aromatic nitrogens is 3. The van der Waals surface area contributed by atoms with Crippen molar-refractivity contribution in [3.05, 3.63) is 136 Å². The monoisotopic (exact) mass is 698 g/mol. The summed E-state index contributed by atoms with van der Waals surface area (Å²) in [7, 11) is 6.67. The lowest BCUT2D eigenvalue weighted by molar-refractivity contribution is 0.0786. The van der Waals surface area contributed by atoms with Crippen molar-refractivity contribution in [1.29, 1.82) is 0 Å². The predicted molar refractivity (Wildman–Crippen MR) is 203 cm³/mol. The van der Waals surface area contributed by atoms with E-state index in [1.54, 1.807) is 26.2 Å². The Kier molecular flexibility index (Phi) is 9.77. The fourth-order valence-corrected chi connectivity index (χ4v) is 7.12. The van der Waals surface area contributed by atoms with Crippen LogP contribution in [-0.2, 0) is 19.5 Å². The molecule has 0 saturated carbocycles. The molecule has 258 valence electrons. The number of para-hydroxylation sites is 1. The lowest BCUT2D eigenvalue weighted by Crippen LogP contribution is -2.28. The van der Waals surface area contributed by atoms with E-state index < -0.39 is 0 Å². The molecule has 2 aromatic heterocycles. The molecule has 7 rings (SSSR count). The van der Waals surface area contributed by atoms with Crippen LogP contribution < -0.4 is 14.2 Å². The van der Waals surface area contributed by atoms with Gasteiger partial charge in [0.15, 0.2) is 11.5 Å². The number of nitrogens with zero attached hydrogens (tertiary/aromatic N) is 4. The Labute approximate surface area is 302 Å². The summed E-state index contributed by atoms with van der Waals surface area (Å²) < 4.78 is 18.7. The van der Waals surface area contributed by atoms with E-state index in [4.69, 9.17) is 35.9 Å². The highest BCUT2D eigenvalue weighted by Crippen LogP contribution is 2.41. The Balaban J connectivity index is 1.28. The molecule has 0 fully saturated rings.